The van der Waals surface area contributed by atoms with E-state index in [4.69, 9.17) is 0 Å². The molecule has 124 valence electrons. The van der Waals surface area contributed by atoms with Crippen LogP contribution in [0.5, 0.6) is 0 Å². The molecule has 0 spiro atoms. The monoisotopic (exact) mass is 343 g/mol. The number of likely N-dealkylation sites (tertiary alicyclic amines) is 1. The summed E-state index contributed by atoms with van der Waals surface area (Å²) in [5.41, 5.74) is 4.23. The summed E-state index contributed by atoms with van der Waals surface area (Å²) in [7, 11) is 0. The Morgan fingerprint density at radius 3 is 3.08 bits per heavy atom. The lowest BCUT2D eigenvalue weighted by atomic mass is 10.1. The number of H-pyrrole nitrogens is 1. The average Bonchev–Trinajstić information content (AvgIpc) is 3.31. The predicted octanol–water partition coefficient (Wildman–Crippen LogP) is 2.02. The van der Waals surface area contributed by atoms with Gasteiger partial charge in [0.2, 0.25) is 0 Å². The van der Waals surface area contributed by atoms with Crippen molar-refractivity contribution in [2.24, 2.45) is 0 Å². The molecule has 3 aromatic rings. The van der Waals surface area contributed by atoms with Crippen molar-refractivity contribution in [1.82, 2.24) is 24.5 Å². The summed E-state index contributed by atoms with van der Waals surface area (Å²) in [4.78, 5) is 35.3. The molecule has 1 aliphatic heterocycles. The summed E-state index contributed by atoms with van der Waals surface area (Å²) in [6.45, 7) is 2.66. The molecule has 0 saturated carbocycles. The third-order valence-corrected chi connectivity index (χ3v) is 5.00. The molecule has 7 nitrogen and oxygen atoms in total. The molecule has 0 bridgehead atoms. The molecule has 1 fully saturated rings. The van der Waals surface area contributed by atoms with E-state index >= 15 is 0 Å². The van der Waals surface area contributed by atoms with Crippen LogP contribution in [0.1, 0.15) is 47.7 Å². The number of aromatic amines is 1. The number of fused-ring (bicyclic) bond motifs is 1. The van der Waals surface area contributed by atoms with Gasteiger partial charge in [-0.1, -0.05) is 6.92 Å². The highest BCUT2D eigenvalue weighted by Crippen LogP contribution is 2.32. The number of thiazole rings is 1. The molecule has 3 aromatic heterocycles. The third kappa shape index (κ3) is 2.43. The Labute approximate surface area is 142 Å². The quantitative estimate of drug-likeness (QED) is 0.788. The summed E-state index contributed by atoms with van der Waals surface area (Å²) in [6.07, 6.45) is 2.50. The Kier molecular flexibility index (Phi) is 3.68. The number of aromatic nitrogens is 4. The van der Waals surface area contributed by atoms with Gasteiger partial charge in [0.1, 0.15) is 5.69 Å². The van der Waals surface area contributed by atoms with Crippen molar-refractivity contribution in [3.63, 3.8) is 0 Å². The van der Waals surface area contributed by atoms with E-state index in [-0.39, 0.29) is 17.5 Å². The van der Waals surface area contributed by atoms with Crippen LogP contribution in [0.3, 0.4) is 0 Å². The van der Waals surface area contributed by atoms with Crippen LogP contribution in [-0.4, -0.2) is 36.9 Å². The second-order valence-corrected chi connectivity index (χ2v) is 6.59. The topological polar surface area (TPSA) is 83.4 Å². The van der Waals surface area contributed by atoms with Crippen LogP contribution in [0.2, 0.25) is 0 Å². The first-order valence-corrected chi connectivity index (χ1v) is 8.92. The number of nitrogens with zero attached hydrogens (tertiary/aromatic N) is 4. The molecule has 1 aliphatic rings. The van der Waals surface area contributed by atoms with Gasteiger partial charge < -0.3 is 4.90 Å². The maximum atomic E-state index is 12.6. The number of carbonyl (C=O) groups excluding carboxylic acids is 1. The van der Waals surface area contributed by atoms with E-state index in [9.17, 15) is 9.59 Å². The van der Waals surface area contributed by atoms with Crippen LogP contribution in [-0.2, 0) is 6.42 Å². The van der Waals surface area contributed by atoms with E-state index in [1.807, 2.05) is 17.9 Å². The molecular formula is C16H17N5O2S. The predicted molar refractivity (Wildman–Crippen MR) is 90.3 cm³/mol. The minimum Gasteiger partial charge on any atom is -0.329 e. The van der Waals surface area contributed by atoms with Crippen molar-refractivity contribution in [3.8, 4) is 0 Å². The molecule has 0 unspecified atom stereocenters. The molecule has 1 saturated heterocycles. The third-order valence-electron chi connectivity index (χ3n) is 4.41. The minimum atomic E-state index is -0.126. The van der Waals surface area contributed by atoms with Gasteiger partial charge in [-0.05, 0) is 19.3 Å². The van der Waals surface area contributed by atoms with E-state index in [0.29, 0.717) is 24.3 Å². The molecule has 1 N–H and O–H groups in total. The van der Waals surface area contributed by atoms with Crippen LogP contribution in [0.4, 0.5) is 0 Å². The molecule has 0 radical (unpaired) electrons. The van der Waals surface area contributed by atoms with Crippen LogP contribution >= 0.6 is 11.3 Å². The van der Waals surface area contributed by atoms with Crippen molar-refractivity contribution in [1.29, 1.82) is 0 Å². The van der Waals surface area contributed by atoms with Crippen LogP contribution in [0.25, 0.3) is 5.65 Å². The van der Waals surface area contributed by atoms with Gasteiger partial charge >= 0.3 is 0 Å². The van der Waals surface area contributed by atoms with E-state index in [2.05, 4.69) is 15.1 Å². The zero-order chi connectivity index (χ0) is 16.7. The fraction of sp³-hybridized carbons (Fsp3) is 0.375. The van der Waals surface area contributed by atoms with Gasteiger partial charge in [0.05, 0.1) is 17.2 Å². The van der Waals surface area contributed by atoms with Gasteiger partial charge in [0.15, 0.2) is 5.65 Å². The number of carbonyl (C=O) groups is 1. The second kappa shape index (κ2) is 5.86. The molecule has 24 heavy (non-hydrogen) atoms. The van der Waals surface area contributed by atoms with Gasteiger partial charge in [0, 0.05) is 29.8 Å². The zero-order valence-corrected chi connectivity index (χ0v) is 14.0. The molecule has 0 aliphatic carbocycles. The fourth-order valence-electron chi connectivity index (χ4n) is 3.21. The highest BCUT2D eigenvalue weighted by molar-refractivity contribution is 7.07. The second-order valence-electron chi connectivity index (χ2n) is 5.87. The lowest BCUT2D eigenvalue weighted by molar-refractivity contribution is 0.0727. The molecule has 1 amide bonds. The van der Waals surface area contributed by atoms with Gasteiger partial charge in [-0.2, -0.15) is 0 Å². The number of hydrogen-bond donors (Lipinski definition) is 1. The molecule has 0 aromatic carbocycles. The van der Waals surface area contributed by atoms with Crippen molar-refractivity contribution < 1.29 is 4.79 Å². The maximum Gasteiger partial charge on any atom is 0.273 e. The van der Waals surface area contributed by atoms with E-state index in [1.165, 1.54) is 15.9 Å². The fourth-order valence-corrected chi connectivity index (χ4v) is 3.74. The first-order chi connectivity index (χ1) is 11.7. The van der Waals surface area contributed by atoms with Crippen LogP contribution in [0, 0.1) is 0 Å². The standard InChI is InChI=1S/C16H17N5O2S/c1-2-10-6-15(22)21-14(18-10)7-11(19-21)13-4-3-5-20(13)16(23)12-8-24-9-17-12/h6-9,13,19H,2-5H2,1H3/t13-/m0/s1. The molecular weight excluding hydrogens is 326 g/mol. The summed E-state index contributed by atoms with van der Waals surface area (Å²) >= 11 is 1.41. The summed E-state index contributed by atoms with van der Waals surface area (Å²) in [5, 5.41) is 4.88. The van der Waals surface area contributed by atoms with Crippen LogP contribution < -0.4 is 5.56 Å². The highest BCUT2D eigenvalue weighted by Gasteiger charge is 2.32. The van der Waals surface area contributed by atoms with Crippen molar-refractivity contribution in [2.45, 2.75) is 32.2 Å². The van der Waals surface area contributed by atoms with Gasteiger partial charge in [-0.3, -0.25) is 14.7 Å². The molecule has 4 rings (SSSR count). The first-order valence-electron chi connectivity index (χ1n) is 7.98. The largest absolute Gasteiger partial charge is 0.329 e. The zero-order valence-electron chi connectivity index (χ0n) is 13.2. The number of aryl methyl sites for hydroxylation is 1. The van der Waals surface area contributed by atoms with Gasteiger partial charge in [0.25, 0.3) is 11.5 Å². The van der Waals surface area contributed by atoms with Gasteiger partial charge in [-0.25, -0.2) is 14.5 Å². The molecule has 8 heteroatoms. The van der Waals surface area contributed by atoms with E-state index in [1.54, 1.807) is 17.0 Å². The SMILES string of the molecule is CCc1cc(=O)n2[nH]c([C@@H]3CCCN3C(=O)c3cscn3)cc2n1. The lowest BCUT2D eigenvalue weighted by Crippen LogP contribution is -2.31. The number of rotatable bonds is 3. The Balaban J connectivity index is 1.72. The average molecular weight is 343 g/mol. The van der Waals surface area contributed by atoms with Crippen LogP contribution in [0.15, 0.2) is 27.8 Å². The summed E-state index contributed by atoms with van der Waals surface area (Å²) in [6, 6.07) is 3.34. The van der Waals surface area contributed by atoms with Crippen molar-refractivity contribution >= 4 is 22.9 Å². The smallest absolute Gasteiger partial charge is 0.273 e. The van der Waals surface area contributed by atoms with Crippen molar-refractivity contribution in [2.75, 3.05) is 6.54 Å². The van der Waals surface area contributed by atoms with E-state index in [0.717, 1.165) is 24.2 Å². The van der Waals surface area contributed by atoms with E-state index < -0.39 is 0 Å². The van der Waals surface area contributed by atoms with Gasteiger partial charge in [-0.15, -0.1) is 11.3 Å². The number of nitrogens with one attached hydrogen (secondary N) is 1. The Morgan fingerprint density at radius 2 is 2.33 bits per heavy atom. The summed E-state index contributed by atoms with van der Waals surface area (Å²) in [5.74, 6) is -0.0630. The maximum absolute atomic E-state index is 12.6. The Bertz CT molecular complexity index is 943. The number of hydrogen-bond acceptors (Lipinski definition) is 5. The Hall–Kier alpha value is -2.48. The molecule has 4 heterocycles. The normalized spacial score (nSPS) is 17.7. The van der Waals surface area contributed by atoms with Crippen molar-refractivity contribution in [3.05, 3.63) is 50.5 Å². The first kappa shape index (κ1) is 15.1. The minimum absolute atomic E-state index is 0.0630. The highest BCUT2D eigenvalue weighted by atomic mass is 32.1. The lowest BCUT2D eigenvalue weighted by Gasteiger charge is -2.22. The Morgan fingerprint density at radius 1 is 1.46 bits per heavy atom. The number of amides is 1. The summed E-state index contributed by atoms with van der Waals surface area (Å²) < 4.78 is 1.44. The molecule has 1 atom stereocenters.